The van der Waals surface area contributed by atoms with Gasteiger partial charge in [0.1, 0.15) is 0 Å². The summed E-state index contributed by atoms with van der Waals surface area (Å²) in [6.07, 6.45) is 0.414. The number of ether oxygens (including phenoxy) is 1. The van der Waals surface area contributed by atoms with E-state index in [0.29, 0.717) is 32.6 Å². The van der Waals surface area contributed by atoms with Gasteiger partial charge in [-0.3, -0.25) is 4.79 Å². The predicted octanol–water partition coefficient (Wildman–Crippen LogP) is 0.663. The molecule has 2 aliphatic rings. The van der Waals surface area contributed by atoms with Crippen LogP contribution in [0.15, 0.2) is 30.3 Å². The Morgan fingerprint density at radius 3 is 2.69 bits per heavy atom. The lowest BCUT2D eigenvalue weighted by atomic mass is 9.99. The fraction of sp³-hybridized carbons (Fsp3) is 0.579. The van der Waals surface area contributed by atoms with E-state index in [1.165, 1.54) is 0 Å². The van der Waals surface area contributed by atoms with Gasteiger partial charge in [0.15, 0.2) is 0 Å². The van der Waals surface area contributed by atoms with Crippen molar-refractivity contribution in [3.05, 3.63) is 35.9 Å². The Hall–Kier alpha value is -2.12. The minimum absolute atomic E-state index is 0.0332. The molecule has 1 aromatic carbocycles. The van der Waals surface area contributed by atoms with E-state index >= 15 is 0 Å². The van der Waals surface area contributed by atoms with Crippen molar-refractivity contribution in [2.45, 2.75) is 25.2 Å². The number of amides is 3. The fourth-order valence-electron chi connectivity index (χ4n) is 3.52. The summed E-state index contributed by atoms with van der Waals surface area (Å²) in [5, 5.41) is 5.93. The van der Waals surface area contributed by atoms with Gasteiger partial charge in [0, 0.05) is 32.7 Å². The van der Waals surface area contributed by atoms with Crippen LogP contribution in [0.2, 0.25) is 0 Å². The number of morpholine rings is 1. The highest BCUT2D eigenvalue weighted by molar-refractivity contribution is 5.80. The summed E-state index contributed by atoms with van der Waals surface area (Å²) in [5.74, 6) is -0.139. The normalized spacial score (nSPS) is 24.6. The van der Waals surface area contributed by atoms with E-state index in [2.05, 4.69) is 10.6 Å². The standard InChI is InChI=1S/C19H28N4O3/c1-22(2)9-8-20-18(24)16-10-15-12-23(13-17(16)26-15)19(25)21-11-14-6-4-3-5-7-14/h3-7,15-17H,8-13H2,1-2H3,(H,20,24)(H,21,25)/t15-,16-,17-/m0/s1. The molecule has 3 atom stereocenters. The summed E-state index contributed by atoms with van der Waals surface area (Å²) in [4.78, 5) is 28.7. The van der Waals surface area contributed by atoms with Crippen LogP contribution in [0.5, 0.6) is 0 Å². The molecule has 0 saturated carbocycles. The monoisotopic (exact) mass is 360 g/mol. The molecule has 2 bridgehead atoms. The third kappa shape index (κ3) is 4.74. The second kappa shape index (κ2) is 8.51. The van der Waals surface area contributed by atoms with Gasteiger partial charge in [-0.1, -0.05) is 30.3 Å². The zero-order valence-corrected chi connectivity index (χ0v) is 15.5. The molecule has 0 unspecified atom stereocenters. The molecule has 2 saturated heterocycles. The SMILES string of the molecule is CN(C)CCNC(=O)[C@H]1C[C@H]2CN(C(=O)NCc3ccccc3)C[C@@H]1O2. The van der Waals surface area contributed by atoms with Crippen molar-refractivity contribution < 1.29 is 14.3 Å². The van der Waals surface area contributed by atoms with Gasteiger partial charge in [-0.25, -0.2) is 4.79 Å². The van der Waals surface area contributed by atoms with Gasteiger partial charge in [-0.15, -0.1) is 0 Å². The summed E-state index contributed by atoms with van der Waals surface area (Å²) in [5.41, 5.74) is 1.07. The van der Waals surface area contributed by atoms with Crippen molar-refractivity contribution in [3.8, 4) is 0 Å². The number of benzene rings is 1. The Kier molecular flexibility index (Phi) is 6.11. The maximum Gasteiger partial charge on any atom is 0.317 e. The molecule has 2 N–H and O–H groups in total. The zero-order chi connectivity index (χ0) is 18.5. The number of nitrogens with one attached hydrogen (secondary N) is 2. The highest BCUT2D eigenvalue weighted by Crippen LogP contribution is 2.32. The van der Waals surface area contributed by atoms with E-state index in [4.69, 9.17) is 4.74 Å². The number of urea groups is 1. The first-order valence-electron chi connectivity index (χ1n) is 9.17. The second-order valence-corrected chi connectivity index (χ2v) is 7.28. The first-order valence-corrected chi connectivity index (χ1v) is 9.17. The Bertz CT molecular complexity index is 622. The van der Waals surface area contributed by atoms with Gasteiger partial charge in [0.2, 0.25) is 5.91 Å². The topological polar surface area (TPSA) is 73.9 Å². The molecule has 0 radical (unpaired) electrons. The first-order chi connectivity index (χ1) is 12.5. The molecule has 2 heterocycles. The molecule has 3 rings (SSSR count). The van der Waals surface area contributed by atoms with Crippen molar-refractivity contribution in [1.82, 2.24) is 20.4 Å². The van der Waals surface area contributed by atoms with E-state index in [0.717, 1.165) is 12.1 Å². The lowest BCUT2D eigenvalue weighted by Gasteiger charge is -2.32. The maximum atomic E-state index is 12.5. The van der Waals surface area contributed by atoms with Crippen molar-refractivity contribution >= 4 is 11.9 Å². The van der Waals surface area contributed by atoms with Gasteiger partial charge < -0.3 is 25.2 Å². The van der Waals surface area contributed by atoms with Crippen LogP contribution in [-0.2, 0) is 16.1 Å². The highest BCUT2D eigenvalue weighted by Gasteiger charge is 2.45. The largest absolute Gasteiger partial charge is 0.370 e. The lowest BCUT2D eigenvalue weighted by molar-refractivity contribution is -0.127. The van der Waals surface area contributed by atoms with Crippen LogP contribution in [0.4, 0.5) is 4.79 Å². The third-order valence-corrected chi connectivity index (χ3v) is 4.93. The van der Waals surface area contributed by atoms with E-state index in [-0.39, 0.29) is 30.1 Å². The number of rotatable bonds is 6. The van der Waals surface area contributed by atoms with Gasteiger partial charge in [0.25, 0.3) is 0 Å². The molecule has 3 amide bonds. The fourth-order valence-corrected chi connectivity index (χ4v) is 3.52. The number of carbonyl (C=O) groups excluding carboxylic acids is 2. The van der Waals surface area contributed by atoms with Crippen molar-refractivity contribution in [2.24, 2.45) is 5.92 Å². The van der Waals surface area contributed by atoms with E-state index in [9.17, 15) is 9.59 Å². The van der Waals surface area contributed by atoms with Crippen LogP contribution in [0.3, 0.4) is 0 Å². The summed E-state index contributed by atoms with van der Waals surface area (Å²) < 4.78 is 5.91. The Morgan fingerprint density at radius 2 is 1.96 bits per heavy atom. The maximum absolute atomic E-state index is 12.5. The summed E-state index contributed by atoms with van der Waals surface area (Å²) in [6.45, 7) is 2.94. The molecular formula is C19H28N4O3. The van der Waals surface area contributed by atoms with Crippen LogP contribution in [-0.4, -0.2) is 74.2 Å². The van der Waals surface area contributed by atoms with E-state index < -0.39 is 0 Å². The lowest BCUT2D eigenvalue weighted by Crippen LogP contribution is -2.51. The number of likely N-dealkylation sites (tertiary alicyclic amines) is 1. The van der Waals surface area contributed by atoms with Gasteiger partial charge in [0.05, 0.1) is 18.1 Å². The zero-order valence-electron chi connectivity index (χ0n) is 15.5. The minimum atomic E-state index is -0.212. The van der Waals surface area contributed by atoms with E-state index in [1.54, 1.807) is 4.90 Å². The molecule has 7 nitrogen and oxygen atoms in total. The quantitative estimate of drug-likeness (QED) is 0.782. The van der Waals surface area contributed by atoms with Crippen molar-refractivity contribution in [1.29, 1.82) is 0 Å². The second-order valence-electron chi connectivity index (χ2n) is 7.28. The van der Waals surface area contributed by atoms with Gasteiger partial charge in [-0.05, 0) is 26.1 Å². The van der Waals surface area contributed by atoms with Crippen LogP contribution >= 0.6 is 0 Å². The molecule has 26 heavy (non-hydrogen) atoms. The molecule has 0 aliphatic carbocycles. The number of likely N-dealkylation sites (N-methyl/N-ethyl adjacent to an activating group) is 1. The van der Waals surface area contributed by atoms with Crippen LogP contribution < -0.4 is 10.6 Å². The molecule has 1 aromatic rings. The number of hydrogen-bond donors (Lipinski definition) is 2. The van der Waals surface area contributed by atoms with Gasteiger partial charge in [-0.2, -0.15) is 0 Å². The number of nitrogens with zero attached hydrogens (tertiary/aromatic N) is 2. The minimum Gasteiger partial charge on any atom is -0.370 e. The third-order valence-electron chi connectivity index (χ3n) is 4.93. The van der Waals surface area contributed by atoms with Crippen LogP contribution in [0, 0.1) is 5.92 Å². The number of hydrogen-bond acceptors (Lipinski definition) is 4. The molecule has 7 heteroatoms. The smallest absolute Gasteiger partial charge is 0.317 e. The molecular weight excluding hydrogens is 332 g/mol. The summed E-state index contributed by atoms with van der Waals surface area (Å²) in [6, 6.07) is 9.73. The number of carbonyl (C=O) groups is 2. The molecule has 2 aliphatic heterocycles. The Morgan fingerprint density at radius 1 is 1.19 bits per heavy atom. The highest BCUT2D eigenvalue weighted by atomic mass is 16.5. The Labute approximate surface area is 154 Å². The molecule has 0 aromatic heterocycles. The molecule has 2 fully saturated rings. The van der Waals surface area contributed by atoms with Crippen molar-refractivity contribution in [3.63, 3.8) is 0 Å². The average Bonchev–Trinajstić information content (AvgIpc) is 2.94. The summed E-state index contributed by atoms with van der Waals surface area (Å²) >= 11 is 0. The molecule has 142 valence electrons. The van der Waals surface area contributed by atoms with Crippen molar-refractivity contribution in [2.75, 3.05) is 40.3 Å². The van der Waals surface area contributed by atoms with E-state index in [1.807, 2.05) is 49.3 Å². The summed E-state index contributed by atoms with van der Waals surface area (Å²) in [7, 11) is 3.95. The van der Waals surface area contributed by atoms with Crippen LogP contribution in [0.1, 0.15) is 12.0 Å². The Balaban J connectivity index is 1.48. The van der Waals surface area contributed by atoms with Gasteiger partial charge >= 0.3 is 6.03 Å². The number of fused-ring (bicyclic) bond motifs is 2. The average molecular weight is 360 g/mol. The van der Waals surface area contributed by atoms with Crippen LogP contribution in [0.25, 0.3) is 0 Å². The predicted molar refractivity (Wildman–Crippen MR) is 98.6 cm³/mol. The first kappa shape index (κ1) is 18.7. The molecule has 0 spiro atoms.